The fourth-order valence-electron chi connectivity index (χ4n) is 4.71. The highest BCUT2D eigenvalue weighted by Gasteiger charge is 2.24. The molecule has 190 valence electrons. The molecule has 1 fully saturated rings. The Hall–Kier alpha value is -3.27. The van der Waals surface area contributed by atoms with Gasteiger partial charge in [-0.1, -0.05) is 26.7 Å². The van der Waals surface area contributed by atoms with E-state index in [0.29, 0.717) is 22.5 Å². The van der Waals surface area contributed by atoms with Crippen LogP contribution in [0.2, 0.25) is 0 Å². The maximum absolute atomic E-state index is 10.4. The minimum Gasteiger partial charge on any atom is -0.504 e. The molecule has 1 aliphatic rings. The molecule has 1 aromatic carbocycles. The molecule has 10 heteroatoms. The van der Waals surface area contributed by atoms with Gasteiger partial charge in [-0.15, -0.1) is 0 Å². The number of methoxy groups -OCH3 is 1. The Labute approximate surface area is 205 Å². The number of ether oxygens (including phenoxy) is 1. The third kappa shape index (κ3) is 4.80. The molecule has 3 aromatic rings. The van der Waals surface area contributed by atoms with E-state index in [1.807, 2.05) is 0 Å². The Balaban J connectivity index is 1.84. The van der Waals surface area contributed by atoms with E-state index < -0.39 is 0 Å². The molecule has 0 bridgehead atoms. The van der Waals surface area contributed by atoms with Crippen LogP contribution in [-0.2, 0) is 6.54 Å². The minimum atomic E-state index is -0.292. The number of benzene rings is 1. The van der Waals surface area contributed by atoms with E-state index in [2.05, 4.69) is 47.8 Å². The average Bonchev–Trinajstić information content (AvgIpc) is 3.26. The average molecular weight is 484 g/mol. The molecule has 6 N–H and O–H groups in total. The maximum Gasteiger partial charge on any atom is 0.227 e. The van der Waals surface area contributed by atoms with E-state index in [9.17, 15) is 10.2 Å². The molecule has 2 heterocycles. The van der Waals surface area contributed by atoms with Crippen molar-refractivity contribution in [3.05, 3.63) is 29.0 Å². The number of rotatable bonds is 7. The van der Waals surface area contributed by atoms with Crippen molar-refractivity contribution >= 4 is 16.9 Å². The fourth-order valence-corrected chi connectivity index (χ4v) is 4.71. The highest BCUT2D eigenvalue weighted by atomic mass is 16.5. The number of hydrogen-bond acceptors (Lipinski definition) is 8. The van der Waals surface area contributed by atoms with E-state index in [1.165, 1.54) is 7.11 Å². The lowest BCUT2D eigenvalue weighted by molar-refractivity contribution is 0.349. The SMILES string of the molecule is COc1ccc(CNc2nc(=NC3CCCCC3N)n(C(C)C)c3c(C(C)C)[nH]nc23)c(O)c1O. The van der Waals surface area contributed by atoms with Gasteiger partial charge in [-0.3, -0.25) is 5.10 Å². The Kier molecular flexibility index (Phi) is 7.20. The van der Waals surface area contributed by atoms with E-state index in [0.717, 1.165) is 36.9 Å². The molecule has 2 atom stereocenters. The lowest BCUT2D eigenvalue weighted by atomic mass is 9.91. The summed E-state index contributed by atoms with van der Waals surface area (Å²) in [5, 5.41) is 31.7. The van der Waals surface area contributed by atoms with Crippen molar-refractivity contribution in [2.24, 2.45) is 10.7 Å². The number of aromatic amines is 1. The van der Waals surface area contributed by atoms with E-state index in [-0.39, 0.29) is 47.8 Å². The summed E-state index contributed by atoms with van der Waals surface area (Å²) in [6.45, 7) is 8.70. The van der Waals surface area contributed by atoms with Crippen molar-refractivity contribution in [2.75, 3.05) is 12.4 Å². The normalized spacial score (nSPS) is 19.1. The molecule has 1 aliphatic carbocycles. The summed E-state index contributed by atoms with van der Waals surface area (Å²) < 4.78 is 7.21. The van der Waals surface area contributed by atoms with Crippen molar-refractivity contribution in [2.45, 2.75) is 84.0 Å². The second kappa shape index (κ2) is 10.2. The van der Waals surface area contributed by atoms with Gasteiger partial charge in [0.25, 0.3) is 0 Å². The van der Waals surface area contributed by atoms with Crippen molar-refractivity contribution < 1.29 is 14.9 Å². The Morgan fingerprint density at radius 1 is 1.20 bits per heavy atom. The maximum atomic E-state index is 10.4. The van der Waals surface area contributed by atoms with Gasteiger partial charge in [0.2, 0.25) is 11.4 Å². The van der Waals surface area contributed by atoms with Crippen LogP contribution in [0.5, 0.6) is 17.2 Å². The Bertz CT molecular complexity index is 1260. The van der Waals surface area contributed by atoms with Crippen molar-refractivity contribution in [1.29, 1.82) is 0 Å². The topological polar surface area (TPSA) is 147 Å². The Morgan fingerprint density at radius 3 is 2.60 bits per heavy atom. The van der Waals surface area contributed by atoms with Crippen LogP contribution in [0.15, 0.2) is 17.1 Å². The first kappa shape index (κ1) is 24.8. The minimum absolute atomic E-state index is 0.0172. The molecule has 0 aliphatic heterocycles. The zero-order valence-electron chi connectivity index (χ0n) is 21.2. The number of phenolic OH excluding ortho intramolecular Hbond substituents is 2. The summed E-state index contributed by atoms with van der Waals surface area (Å²) in [4.78, 5) is 9.96. The number of nitrogens with one attached hydrogen (secondary N) is 2. The summed E-state index contributed by atoms with van der Waals surface area (Å²) in [6.07, 6.45) is 4.16. The van der Waals surface area contributed by atoms with Crippen molar-refractivity contribution in [3.63, 3.8) is 0 Å². The van der Waals surface area contributed by atoms with Crippen LogP contribution in [0.25, 0.3) is 11.0 Å². The molecule has 10 nitrogen and oxygen atoms in total. The summed E-state index contributed by atoms with van der Waals surface area (Å²) in [7, 11) is 1.44. The molecule has 1 saturated carbocycles. The number of aromatic hydroxyl groups is 2. The quantitative estimate of drug-likeness (QED) is 0.322. The molecular weight excluding hydrogens is 446 g/mol. The van der Waals surface area contributed by atoms with Crippen LogP contribution < -0.4 is 21.4 Å². The van der Waals surface area contributed by atoms with E-state index in [4.69, 9.17) is 20.4 Å². The lowest BCUT2D eigenvalue weighted by Gasteiger charge is -2.25. The first-order valence-corrected chi connectivity index (χ1v) is 12.3. The number of nitrogens with zero attached hydrogens (tertiary/aromatic N) is 4. The van der Waals surface area contributed by atoms with Crippen LogP contribution in [0.3, 0.4) is 0 Å². The highest BCUT2D eigenvalue weighted by molar-refractivity contribution is 5.87. The van der Waals surface area contributed by atoms with Crippen molar-refractivity contribution in [3.8, 4) is 17.2 Å². The molecule has 35 heavy (non-hydrogen) atoms. The third-order valence-corrected chi connectivity index (χ3v) is 6.68. The molecule has 2 aromatic heterocycles. The molecule has 0 radical (unpaired) electrons. The summed E-state index contributed by atoms with van der Waals surface area (Å²) in [5.41, 5.74) is 10.2. The van der Waals surface area contributed by atoms with Gasteiger partial charge >= 0.3 is 0 Å². The predicted octanol–water partition coefficient (Wildman–Crippen LogP) is 3.67. The first-order chi connectivity index (χ1) is 16.7. The zero-order valence-corrected chi connectivity index (χ0v) is 21.2. The second-order valence-corrected chi connectivity index (χ2v) is 9.84. The largest absolute Gasteiger partial charge is 0.504 e. The van der Waals surface area contributed by atoms with Gasteiger partial charge < -0.3 is 30.6 Å². The van der Waals surface area contributed by atoms with Crippen LogP contribution in [0, 0.1) is 0 Å². The van der Waals surface area contributed by atoms with Crippen LogP contribution >= 0.6 is 0 Å². The molecule has 0 saturated heterocycles. The Morgan fingerprint density at radius 2 is 1.94 bits per heavy atom. The molecular formula is C25H37N7O3. The lowest BCUT2D eigenvalue weighted by Crippen LogP contribution is -2.39. The first-order valence-electron chi connectivity index (χ1n) is 12.3. The van der Waals surface area contributed by atoms with Crippen LogP contribution in [-0.4, -0.2) is 49.2 Å². The van der Waals surface area contributed by atoms with Gasteiger partial charge in [-0.05, 0) is 44.7 Å². The summed E-state index contributed by atoms with van der Waals surface area (Å²) in [6, 6.07) is 3.46. The smallest absolute Gasteiger partial charge is 0.227 e. The molecule has 0 spiro atoms. The number of hydrogen-bond donors (Lipinski definition) is 5. The van der Waals surface area contributed by atoms with Crippen LogP contribution in [0.1, 0.15) is 76.6 Å². The number of phenols is 2. The summed E-state index contributed by atoms with van der Waals surface area (Å²) >= 11 is 0. The van der Waals surface area contributed by atoms with Gasteiger partial charge in [0.05, 0.1) is 24.4 Å². The number of H-pyrrole nitrogens is 1. The van der Waals surface area contributed by atoms with Gasteiger partial charge in [-0.2, -0.15) is 10.1 Å². The number of aromatic nitrogens is 4. The monoisotopic (exact) mass is 483 g/mol. The van der Waals surface area contributed by atoms with Gasteiger partial charge in [0.1, 0.15) is 0 Å². The van der Waals surface area contributed by atoms with E-state index >= 15 is 0 Å². The number of nitrogens with two attached hydrogens (primary N) is 1. The number of anilines is 1. The zero-order chi connectivity index (χ0) is 25.3. The molecule has 0 amide bonds. The summed E-state index contributed by atoms with van der Waals surface area (Å²) in [5.74, 6) is 0.456. The van der Waals surface area contributed by atoms with Crippen LogP contribution in [0.4, 0.5) is 5.82 Å². The third-order valence-electron chi connectivity index (χ3n) is 6.68. The predicted molar refractivity (Wildman–Crippen MR) is 136 cm³/mol. The second-order valence-electron chi connectivity index (χ2n) is 9.84. The van der Waals surface area contributed by atoms with Crippen molar-refractivity contribution in [1.82, 2.24) is 19.7 Å². The fraction of sp³-hybridized carbons (Fsp3) is 0.560. The standard InChI is InChI=1S/C25H37N7O3/c1-13(2)19-21-20(31-30-19)24(27-12-15-10-11-18(35-5)23(34)22(15)33)29-25(32(21)14(3)4)28-17-9-7-6-8-16(17)26/h10-11,13-14,16-17,33-34H,6-9,12,26H2,1-5H3,(H,30,31)(H,27,28,29). The van der Waals surface area contributed by atoms with Gasteiger partial charge in [0.15, 0.2) is 22.8 Å². The van der Waals surface area contributed by atoms with Gasteiger partial charge in [-0.25, -0.2) is 4.99 Å². The van der Waals surface area contributed by atoms with E-state index in [1.54, 1.807) is 12.1 Å². The molecule has 4 rings (SSSR count). The highest BCUT2D eigenvalue weighted by Crippen LogP contribution is 2.38. The number of fused-ring (bicyclic) bond motifs is 1. The molecule has 2 unspecified atom stereocenters. The van der Waals surface area contributed by atoms with Gasteiger partial charge in [0, 0.05) is 24.2 Å².